The summed E-state index contributed by atoms with van der Waals surface area (Å²) >= 11 is 1.88. The molecule has 0 bridgehead atoms. The number of H-pyrrole nitrogens is 1. The highest BCUT2D eigenvalue weighted by Crippen LogP contribution is 2.27. The standard InChI is InChI=1S/C20H18N4S/c1-21-13-18-20(23-24-22-18)16-7-4-5-14(11-16)9-10-17-12-15-6-2-3-8-19(15)25-17/h2-8,11-12H,1,9-10,13H2,(H,22,23,24). The molecule has 0 aliphatic carbocycles. The van der Waals surface area contributed by atoms with Crippen LogP contribution in [0.2, 0.25) is 0 Å². The van der Waals surface area contributed by atoms with Gasteiger partial charge in [-0.05, 0) is 48.7 Å². The van der Waals surface area contributed by atoms with Crippen LogP contribution < -0.4 is 0 Å². The van der Waals surface area contributed by atoms with Gasteiger partial charge in [0.15, 0.2) is 0 Å². The minimum Gasteiger partial charge on any atom is -0.294 e. The molecule has 2 aromatic heterocycles. The van der Waals surface area contributed by atoms with Crippen molar-refractivity contribution in [2.75, 3.05) is 0 Å². The van der Waals surface area contributed by atoms with Crippen molar-refractivity contribution in [2.45, 2.75) is 19.4 Å². The highest BCUT2D eigenvalue weighted by molar-refractivity contribution is 7.19. The van der Waals surface area contributed by atoms with E-state index in [1.807, 2.05) is 11.3 Å². The number of hydrogen-bond acceptors (Lipinski definition) is 4. The van der Waals surface area contributed by atoms with Crippen LogP contribution in [0.15, 0.2) is 59.6 Å². The lowest BCUT2D eigenvalue weighted by Gasteiger charge is -2.04. The number of aliphatic imine (C=N–C) groups is 1. The molecular weight excluding hydrogens is 328 g/mol. The summed E-state index contributed by atoms with van der Waals surface area (Å²) in [6.45, 7) is 4.04. The van der Waals surface area contributed by atoms with Crippen molar-refractivity contribution >= 4 is 28.1 Å². The zero-order valence-electron chi connectivity index (χ0n) is 13.8. The Morgan fingerprint density at radius 3 is 2.84 bits per heavy atom. The van der Waals surface area contributed by atoms with E-state index < -0.39 is 0 Å². The van der Waals surface area contributed by atoms with E-state index in [9.17, 15) is 0 Å². The molecule has 0 amide bonds. The summed E-state index contributed by atoms with van der Waals surface area (Å²) in [5.74, 6) is 0. The van der Waals surface area contributed by atoms with E-state index in [0.717, 1.165) is 29.8 Å². The Morgan fingerprint density at radius 1 is 1.04 bits per heavy atom. The first-order chi connectivity index (χ1) is 12.3. The number of aromatic amines is 1. The molecule has 0 unspecified atom stereocenters. The molecule has 0 saturated heterocycles. The summed E-state index contributed by atoms with van der Waals surface area (Å²) in [4.78, 5) is 5.34. The van der Waals surface area contributed by atoms with Gasteiger partial charge >= 0.3 is 0 Å². The average Bonchev–Trinajstić information content (AvgIpc) is 3.27. The Morgan fingerprint density at radius 2 is 1.96 bits per heavy atom. The Kier molecular flexibility index (Phi) is 4.39. The molecule has 5 heteroatoms. The molecule has 0 aliphatic rings. The van der Waals surface area contributed by atoms with Gasteiger partial charge in [0.25, 0.3) is 0 Å². The zero-order chi connectivity index (χ0) is 17.1. The smallest absolute Gasteiger partial charge is 0.117 e. The van der Waals surface area contributed by atoms with E-state index in [2.05, 4.69) is 81.7 Å². The molecule has 0 aliphatic heterocycles. The number of aryl methyl sites for hydroxylation is 2. The van der Waals surface area contributed by atoms with Crippen molar-refractivity contribution in [1.82, 2.24) is 15.4 Å². The van der Waals surface area contributed by atoms with Gasteiger partial charge in [-0.3, -0.25) is 10.1 Å². The van der Waals surface area contributed by atoms with Crippen LogP contribution in [0.1, 0.15) is 16.1 Å². The Balaban J connectivity index is 1.53. The molecule has 0 saturated carbocycles. The highest BCUT2D eigenvalue weighted by Gasteiger charge is 2.10. The fourth-order valence-corrected chi connectivity index (χ4v) is 4.07. The fourth-order valence-electron chi connectivity index (χ4n) is 3.00. The Hall–Kier alpha value is -2.79. The lowest BCUT2D eigenvalue weighted by atomic mass is 10.0. The monoisotopic (exact) mass is 346 g/mol. The van der Waals surface area contributed by atoms with Gasteiger partial charge < -0.3 is 0 Å². The number of nitrogens with zero attached hydrogens (tertiary/aromatic N) is 3. The van der Waals surface area contributed by atoms with Gasteiger partial charge in [-0.2, -0.15) is 0 Å². The number of aromatic nitrogens is 3. The number of thiophene rings is 1. The largest absolute Gasteiger partial charge is 0.294 e. The van der Waals surface area contributed by atoms with Crippen LogP contribution in [0, 0.1) is 0 Å². The molecule has 0 fully saturated rings. The predicted molar refractivity (Wildman–Crippen MR) is 104 cm³/mol. The quantitative estimate of drug-likeness (QED) is 0.516. The minimum absolute atomic E-state index is 0.494. The molecular formula is C20H18N4S. The summed E-state index contributed by atoms with van der Waals surface area (Å²) < 4.78 is 1.36. The maximum Gasteiger partial charge on any atom is 0.117 e. The van der Waals surface area contributed by atoms with Gasteiger partial charge in [0.1, 0.15) is 5.69 Å². The lowest BCUT2D eigenvalue weighted by Crippen LogP contribution is -1.91. The second-order valence-electron chi connectivity index (χ2n) is 5.97. The van der Waals surface area contributed by atoms with Crippen LogP contribution in [-0.4, -0.2) is 22.1 Å². The summed E-state index contributed by atoms with van der Waals surface area (Å²) in [7, 11) is 0. The van der Waals surface area contributed by atoms with Gasteiger partial charge in [0.2, 0.25) is 0 Å². The maximum atomic E-state index is 4.20. The second-order valence-corrected chi connectivity index (χ2v) is 7.14. The minimum atomic E-state index is 0.494. The van der Waals surface area contributed by atoms with Crippen LogP contribution in [-0.2, 0) is 19.4 Å². The third-order valence-corrected chi connectivity index (χ3v) is 5.40. The molecule has 124 valence electrons. The fraction of sp³-hybridized carbons (Fsp3) is 0.150. The van der Waals surface area contributed by atoms with Crippen LogP contribution in [0.25, 0.3) is 21.3 Å². The van der Waals surface area contributed by atoms with E-state index in [0.29, 0.717) is 6.54 Å². The summed E-state index contributed by atoms with van der Waals surface area (Å²) in [6, 6.07) is 19.4. The number of hydrogen-bond donors (Lipinski definition) is 1. The third kappa shape index (κ3) is 3.37. The van der Waals surface area contributed by atoms with Crippen molar-refractivity contribution < 1.29 is 0 Å². The molecule has 4 aromatic rings. The van der Waals surface area contributed by atoms with Crippen LogP contribution >= 0.6 is 11.3 Å². The van der Waals surface area contributed by atoms with Gasteiger partial charge in [-0.25, -0.2) is 0 Å². The van der Waals surface area contributed by atoms with Crippen LogP contribution in [0.4, 0.5) is 0 Å². The van der Waals surface area contributed by atoms with Crippen LogP contribution in [0.5, 0.6) is 0 Å². The predicted octanol–water partition coefficient (Wildman–Crippen LogP) is 4.67. The van der Waals surface area contributed by atoms with Gasteiger partial charge in [0, 0.05) is 15.1 Å². The van der Waals surface area contributed by atoms with Gasteiger partial charge in [0.05, 0.1) is 12.2 Å². The molecule has 2 heterocycles. The lowest BCUT2D eigenvalue weighted by molar-refractivity contribution is 0.901. The van der Waals surface area contributed by atoms with E-state index >= 15 is 0 Å². The Bertz CT molecular complexity index is 982. The second kappa shape index (κ2) is 6.99. The number of nitrogens with one attached hydrogen (secondary N) is 1. The SMILES string of the molecule is C=NCc1[nH]nnc1-c1cccc(CCc2cc3ccccc3s2)c1. The third-order valence-electron chi connectivity index (χ3n) is 4.23. The highest BCUT2D eigenvalue weighted by atomic mass is 32.1. The molecule has 0 spiro atoms. The zero-order valence-corrected chi connectivity index (χ0v) is 14.6. The average molecular weight is 346 g/mol. The molecule has 0 atom stereocenters. The Labute approximate surface area is 150 Å². The van der Waals surface area contributed by atoms with E-state index in [-0.39, 0.29) is 0 Å². The van der Waals surface area contributed by atoms with Crippen molar-refractivity contribution in [3.63, 3.8) is 0 Å². The molecule has 0 radical (unpaired) electrons. The van der Waals surface area contributed by atoms with E-state index in [1.54, 1.807) is 0 Å². The van der Waals surface area contributed by atoms with Gasteiger partial charge in [-0.15, -0.1) is 16.4 Å². The van der Waals surface area contributed by atoms with Crippen molar-refractivity contribution in [3.05, 3.63) is 70.7 Å². The van der Waals surface area contributed by atoms with E-state index in [1.165, 1.54) is 20.5 Å². The summed E-state index contributed by atoms with van der Waals surface area (Å²) in [5.41, 5.74) is 4.13. The van der Waals surface area contributed by atoms with Gasteiger partial charge in [-0.1, -0.05) is 41.6 Å². The maximum absolute atomic E-state index is 4.20. The van der Waals surface area contributed by atoms with Crippen LogP contribution in [0.3, 0.4) is 0 Å². The molecule has 4 rings (SSSR count). The molecule has 1 N–H and O–H groups in total. The normalized spacial score (nSPS) is 11.0. The first-order valence-electron chi connectivity index (χ1n) is 8.22. The summed E-state index contributed by atoms with van der Waals surface area (Å²) in [6.07, 6.45) is 2.05. The summed E-state index contributed by atoms with van der Waals surface area (Å²) in [5, 5.41) is 12.3. The molecule has 4 nitrogen and oxygen atoms in total. The number of rotatable bonds is 6. The van der Waals surface area contributed by atoms with E-state index in [4.69, 9.17) is 0 Å². The van der Waals surface area contributed by atoms with Crippen molar-refractivity contribution in [1.29, 1.82) is 0 Å². The molecule has 25 heavy (non-hydrogen) atoms. The first kappa shape index (κ1) is 15.7. The number of fused-ring (bicyclic) bond motifs is 1. The van der Waals surface area contributed by atoms with Crippen molar-refractivity contribution in [2.24, 2.45) is 4.99 Å². The first-order valence-corrected chi connectivity index (χ1v) is 9.04. The topological polar surface area (TPSA) is 53.9 Å². The molecule has 2 aromatic carbocycles. The number of benzene rings is 2. The van der Waals surface area contributed by atoms with Crippen molar-refractivity contribution in [3.8, 4) is 11.3 Å².